The first-order valence-corrected chi connectivity index (χ1v) is 19.1. The maximum atomic E-state index is 13.1. The molecule has 3 aliphatic heterocycles. The highest BCUT2D eigenvalue weighted by Gasteiger charge is 2.37. The van der Waals surface area contributed by atoms with Crippen molar-refractivity contribution in [1.82, 2.24) is 14.8 Å². The molecule has 1 aromatic heterocycles. The van der Waals surface area contributed by atoms with Crippen LogP contribution in [0.25, 0.3) is 11.1 Å². The third-order valence-corrected chi connectivity index (χ3v) is 11.4. The van der Waals surface area contributed by atoms with E-state index in [4.69, 9.17) is 21.3 Å². The van der Waals surface area contributed by atoms with E-state index in [1.807, 2.05) is 39.8 Å². The molecular weight excluding hydrogens is 644 g/mol. The number of nitrogens with zero attached hydrogens (tertiary/aromatic N) is 4. The molecule has 1 unspecified atom stereocenters. The summed E-state index contributed by atoms with van der Waals surface area (Å²) in [4.78, 5) is 25.9. The number of carboxylic acid groups (broad SMARTS) is 1. The van der Waals surface area contributed by atoms with Crippen LogP contribution in [0.2, 0.25) is 5.02 Å². The number of aromatic nitrogens is 1. The molecule has 8 heteroatoms. The van der Waals surface area contributed by atoms with Crippen LogP contribution in [-0.2, 0) is 35.6 Å². The van der Waals surface area contributed by atoms with Gasteiger partial charge in [-0.3, -0.25) is 14.8 Å². The number of carboxylic acids is 1. The Morgan fingerprint density at radius 2 is 1.68 bits per heavy atom. The number of piperidine rings is 2. The Labute approximate surface area is 305 Å². The topological polar surface area (TPSA) is 69.1 Å². The molecule has 0 aliphatic carbocycles. The third-order valence-electron chi connectivity index (χ3n) is 11.0. The first-order valence-electron chi connectivity index (χ1n) is 18.7. The molecule has 270 valence electrons. The van der Waals surface area contributed by atoms with Crippen LogP contribution in [0.5, 0.6) is 0 Å². The predicted octanol–water partition coefficient (Wildman–Crippen LogP) is 9.13. The van der Waals surface area contributed by atoms with Crippen molar-refractivity contribution in [2.24, 2.45) is 5.41 Å². The summed E-state index contributed by atoms with van der Waals surface area (Å²) in [6, 6.07) is 13.1. The zero-order chi connectivity index (χ0) is 35.8. The average Bonchev–Trinajstić information content (AvgIpc) is 3.05. The highest BCUT2D eigenvalue weighted by Crippen LogP contribution is 2.46. The number of benzene rings is 2. The molecule has 50 heavy (non-hydrogen) atoms. The number of pyridine rings is 1. The average molecular weight is 701 g/mol. The number of carbonyl (C=O) groups is 1. The van der Waals surface area contributed by atoms with Gasteiger partial charge in [-0.15, -0.1) is 0 Å². The number of ether oxygens (including phenoxy) is 1. The molecule has 0 spiro atoms. The Bertz CT molecular complexity index is 1680. The third kappa shape index (κ3) is 8.39. The van der Waals surface area contributed by atoms with E-state index in [0.29, 0.717) is 5.56 Å². The first-order chi connectivity index (χ1) is 23.7. The van der Waals surface area contributed by atoms with E-state index < -0.39 is 17.7 Å². The minimum Gasteiger partial charge on any atom is -0.479 e. The molecule has 4 heterocycles. The highest BCUT2D eigenvalue weighted by molar-refractivity contribution is 6.31. The van der Waals surface area contributed by atoms with Gasteiger partial charge in [-0.1, -0.05) is 62.2 Å². The summed E-state index contributed by atoms with van der Waals surface area (Å²) in [7, 11) is 0. The fourth-order valence-corrected chi connectivity index (χ4v) is 8.35. The summed E-state index contributed by atoms with van der Waals surface area (Å²) < 4.78 is 6.40. The minimum atomic E-state index is -1.13. The molecule has 6 rings (SSSR count). The van der Waals surface area contributed by atoms with Crippen molar-refractivity contribution in [2.45, 2.75) is 118 Å². The maximum Gasteiger partial charge on any atom is 0.337 e. The van der Waals surface area contributed by atoms with Crippen molar-refractivity contribution in [3.8, 4) is 11.1 Å². The second-order valence-electron chi connectivity index (χ2n) is 16.7. The zero-order valence-corrected chi connectivity index (χ0v) is 32.1. The molecule has 0 amide bonds. The number of fused-ring (bicyclic) bond motifs is 1. The SMILES string of the molecule is Cc1cccc(Cl)c1CN1CCc2cc(-c3c(CN4CCCCC4)nc(C)c(C(OC(C)(C)C)C(=O)O)c3N3CCC(C)(C)CC3)ccc2C1. The van der Waals surface area contributed by atoms with Crippen molar-refractivity contribution >= 4 is 23.3 Å². The molecule has 1 atom stereocenters. The molecule has 2 aromatic carbocycles. The van der Waals surface area contributed by atoms with Crippen LogP contribution < -0.4 is 4.90 Å². The highest BCUT2D eigenvalue weighted by atomic mass is 35.5. The molecule has 7 nitrogen and oxygen atoms in total. The van der Waals surface area contributed by atoms with Gasteiger partial charge in [0, 0.05) is 61.1 Å². The number of rotatable bonds is 9. The molecule has 0 radical (unpaired) electrons. The van der Waals surface area contributed by atoms with E-state index >= 15 is 0 Å². The smallest absolute Gasteiger partial charge is 0.337 e. The molecule has 1 N–H and O–H groups in total. The largest absolute Gasteiger partial charge is 0.479 e. The lowest BCUT2D eigenvalue weighted by molar-refractivity contribution is -0.160. The number of hydrogen-bond donors (Lipinski definition) is 1. The van der Waals surface area contributed by atoms with E-state index in [2.05, 4.69) is 59.7 Å². The lowest BCUT2D eigenvalue weighted by Gasteiger charge is -2.41. The fourth-order valence-electron chi connectivity index (χ4n) is 8.06. The van der Waals surface area contributed by atoms with E-state index in [-0.39, 0.29) is 5.41 Å². The summed E-state index contributed by atoms with van der Waals surface area (Å²) in [5.74, 6) is -0.975. The summed E-state index contributed by atoms with van der Waals surface area (Å²) in [6.07, 6.45) is 5.56. The lowest BCUT2D eigenvalue weighted by atomic mass is 9.81. The number of anilines is 1. The van der Waals surface area contributed by atoms with Gasteiger partial charge in [-0.2, -0.15) is 0 Å². The van der Waals surface area contributed by atoms with Crippen LogP contribution >= 0.6 is 11.6 Å². The predicted molar refractivity (Wildman–Crippen MR) is 204 cm³/mol. The van der Waals surface area contributed by atoms with Crippen molar-refractivity contribution in [3.05, 3.63) is 80.6 Å². The second-order valence-corrected chi connectivity index (χ2v) is 17.1. The van der Waals surface area contributed by atoms with Gasteiger partial charge in [0.2, 0.25) is 0 Å². The number of likely N-dealkylation sites (tertiary alicyclic amines) is 1. The molecule has 3 aliphatic rings. The van der Waals surface area contributed by atoms with Crippen molar-refractivity contribution in [1.29, 1.82) is 0 Å². The van der Waals surface area contributed by atoms with Crippen molar-refractivity contribution < 1.29 is 14.6 Å². The Balaban J connectivity index is 1.47. The number of hydrogen-bond acceptors (Lipinski definition) is 6. The lowest BCUT2D eigenvalue weighted by Crippen LogP contribution is -2.39. The van der Waals surface area contributed by atoms with E-state index in [9.17, 15) is 9.90 Å². The van der Waals surface area contributed by atoms with Gasteiger partial charge in [0.25, 0.3) is 0 Å². The molecule has 0 saturated carbocycles. The van der Waals surface area contributed by atoms with Gasteiger partial charge >= 0.3 is 5.97 Å². The van der Waals surface area contributed by atoms with Gasteiger partial charge in [0.05, 0.1) is 17.0 Å². The van der Waals surface area contributed by atoms with Gasteiger partial charge in [-0.05, 0) is 119 Å². The number of halogens is 1. The summed E-state index contributed by atoms with van der Waals surface area (Å²) in [5.41, 5.74) is 10.4. The minimum absolute atomic E-state index is 0.240. The van der Waals surface area contributed by atoms with Crippen LogP contribution in [0.1, 0.15) is 112 Å². The Hall–Kier alpha value is -2.97. The van der Waals surface area contributed by atoms with Crippen LogP contribution in [0.15, 0.2) is 36.4 Å². The number of aliphatic carboxylic acids is 1. The Kier molecular flexibility index (Phi) is 11.0. The van der Waals surface area contributed by atoms with Crippen LogP contribution in [-0.4, -0.2) is 64.2 Å². The molecular formula is C42H57ClN4O3. The molecule has 0 bridgehead atoms. The molecule has 2 saturated heterocycles. The van der Waals surface area contributed by atoms with Crippen molar-refractivity contribution in [2.75, 3.05) is 37.6 Å². The standard InChI is InChI=1S/C42H57ClN4O3/c1-28-12-11-13-34(43)33(28)26-46-21-16-30-24-31(14-15-32(30)25-46)37-35(27-45-19-9-8-10-20-45)44-29(2)36(39(40(48)49)50-41(3,4)5)38(37)47-22-17-42(6,7)18-23-47/h11-15,24,39H,8-10,16-23,25-27H2,1-7H3,(H,48,49). The van der Waals surface area contributed by atoms with Crippen LogP contribution in [0, 0.1) is 19.3 Å². The normalized spacial score (nSPS) is 19.3. The van der Waals surface area contributed by atoms with E-state index in [1.54, 1.807) is 0 Å². The zero-order valence-electron chi connectivity index (χ0n) is 31.4. The number of aryl methyl sites for hydroxylation is 2. The van der Waals surface area contributed by atoms with Gasteiger partial charge in [0.1, 0.15) is 0 Å². The first kappa shape index (κ1) is 36.8. The Morgan fingerprint density at radius 3 is 2.34 bits per heavy atom. The molecule has 2 fully saturated rings. The Morgan fingerprint density at radius 1 is 0.960 bits per heavy atom. The fraction of sp³-hybridized carbons (Fsp3) is 0.571. The summed E-state index contributed by atoms with van der Waals surface area (Å²) in [5, 5.41) is 11.6. The quantitative estimate of drug-likeness (QED) is 0.239. The van der Waals surface area contributed by atoms with Gasteiger partial charge < -0.3 is 14.7 Å². The summed E-state index contributed by atoms with van der Waals surface area (Å²) in [6.45, 7) is 21.9. The monoisotopic (exact) mass is 700 g/mol. The van der Waals surface area contributed by atoms with Gasteiger partial charge in [-0.25, -0.2) is 4.79 Å². The van der Waals surface area contributed by atoms with Crippen molar-refractivity contribution in [3.63, 3.8) is 0 Å². The van der Waals surface area contributed by atoms with Crippen LogP contribution in [0.4, 0.5) is 5.69 Å². The molecule has 3 aromatic rings. The van der Waals surface area contributed by atoms with Crippen LogP contribution in [0.3, 0.4) is 0 Å². The summed E-state index contributed by atoms with van der Waals surface area (Å²) >= 11 is 6.63. The second kappa shape index (κ2) is 14.9. The maximum absolute atomic E-state index is 13.1. The van der Waals surface area contributed by atoms with E-state index in [0.717, 1.165) is 105 Å². The van der Waals surface area contributed by atoms with E-state index in [1.165, 1.54) is 41.5 Å². The van der Waals surface area contributed by atoms with Gasteiger partial charge in [0.15, 0.2) is 6.10 Å².